The maximum atomic E-state index is 13.9. The van der Waals surface area contributed by atoms with E-state index in [1.807, 2.05) is 0 Å². The third-order valence-electron chi connectivity index (χ3n) is 6.01. The molecule has 7 nitrogen and oxygen atoms in total. The SMILES string of the molecule is Cc1ccc(C(=O)N2CC[C@H]3N(C)S(=O)(=O)CC[C@]3(C(=O)N(C)C)C2)cc1F. The monoisotopic (exact) mass is 411 g/mol. The number of nitrogens with zero attached hydrogens (tertiary/aromatic N) is 3. The molecule has 0 bridgehead atoms. The Kier molecular flexibility index (Phi) is 5.26. The van der Waals surface area contributed by atoms with Crippen molar-refractivity contribution in [2.75, 3.05) is 40.0 Å². The van der Waals surface area contributed by atoms with E-state index in [1.165, 1.54) is 22.3 Å². The van der Waals surface area contributed by atoms with Crippen LogP contribution in [-0.2, 0) is 14.8 Å². The zero-order chi connectivity index (χ0) is 20.9. The van der Waals surface area contributed by atoms with Crippen LogP contribution in [0.25, 0.3) is 0 Å². The molecule has 2 heterocycles. The Morgan fingerprint density at radius 2 is 1.96 bits per heavy atom. The summed E-state index contributed by atoms with van der Waals surface area (Å²) in [5.41, 5.74) is -0.319. The van der Waals surface area contributed by atoms with Gasteiger partial charge in [-0.2, -0.15) is 0 Å². The standard InChI is InChI=1S/C19H26FN3O4S/c1-13-5-6-14(11-15(13)20)17(24)23-9-7-16-19(12-23,18(25)21(2)3)8-10-28(26,27)22(16)4/h5-6,11,16H,7-10,12H2,1-4H3/t16-,19+/m1/s1. The average Bonchev–Trinajstić information content (AvgIpc) is 2.65. The van der Waals surface area contributed by atoms with Crippen LogP contribution in [0.2, 0.25) is 0 Å². The van der Waals surface area contributed by atoms with Gasteiger partial charge in [-0.3, -0.25) is 9.59 Å². The number of hydrogen-bond donors (Lipinski definition) is 0. The van der Waals surface area contributed by atoms with Crippen LogP contribution in [0.4, 0.5) is 4.39 Å². The van der Waals surface area contributed by atoms with E-state index in [9.17, 15) is 22.4 Å². The lowest BCUT2D eigenvalue weighted by molar-refractivity contribution is -0.147. The second-order valence-electron chi connectivity index (χ2n) is 7.93. The molecular weight excluding hydrogens is 385 g/mol. The largest absolute Gasteiger partial charge is 0.348 e. The van der Waals surface area contributed by atoms with Crippen LogP contribution in [0.1, 0.15) is 28.8 Å². The van der Waals surface area contributed by atoms with Gasteiger partial charge in [0.1, 0.15) is 5.82 Å². The molecule has 28 heavy (non-hydrogen) atoms. The van der Waals surface area contributed by atoms with Gasteiger partial charge in [0.2, 0.25) is 15.9 Å². The zero-order valence-electron chi connectivity index (χ0n) is 16.6. The summed E-state index contributed by atoms with van der Waals surface area (Å²) in [4.78, 5) is 29.1. The van der Waals surface area contributed by atoms with E-state index < -0.39 is 27.3 Å². The second-order valence-corrected chi connectivity index (χ2v) is 10.1. The fourth-order valence-electron chi connectivity index (χ4n) is 4.35. The van der Waals surface area contributed by atoms with E-state index in [2.05, 4.69) is 0 Å². The lowest BCUT2D eigenvalue weighted by Crippen LogP contribution is -2.67. The van der Waals surface area contributed by atoms with E-state index in [1.54, 1.807) is 38.1 Å². The molecule has 2 aliphatic rings. The number of sulfonamides is 1. The molecule has 3 rings (SSSR count). The van der Waals surface area contributed by atoms with Gasteiger partial charge in [0.05, 0.1) is 11.2 Å². The highest BCUT2D eigenvalue weighted by Crippen LogP contribution is 2.43. The third kappa shape index (κ3) is 3.30. The van der Waals surface area contributed by atoms with Gasteiger partial charge in [-0.1, -0.05) is 6.07 Å². The highest BCUT2D eigenvalue weighted by Gasteiger charge is 2.57. The number of halogens is 1. The van der Waals surface area contributed by atoms with Crippen molar-refractivity contribution in [3.8, 4) is 0 Å². The maximum absolute atomic E-state index is 13.9. The molecule has 154 valence electrons. The van der Waals surface area contributed by atoms with Gasteiger partial charge in [0.25, 0.3) is 5.91 Å². The topological polar surface area (TPSA) is 78.0 Å². The number of piperidine rings is 1. The Hall–Kier alpha value is -2.00. The van der Waals surface area contributed by atoms with E-state index in [4.69, 9.17) is 0 Å². The summed E-state index contributed by atoms with van der Waals surface area (Å²) in [6, 6.07) is 3.84. The van der Waals surface area contributed by atoms with Gasteiger partial charge in [0.15, 0.2) is 0 Å². The van der Waals surface area contributed by atoms with Crippen molar-refractivity contribution in [2.45, 2.75) is 25.8 Å². The number of fused-ring (bicyclic) bond motifs is 1. The highest BCUT2D eigenvalue weighted by atomic mass is 32.2. The van der Waals surface area contributed by atoms with Crippen molar-refractivity contribution in [2.24, 2.45) is 5.41 Å². The van der Waals surface area contributed by atoms with Crippen LogP contribution in [0, 0.1) is 18.2 Å². The number of carbonyl (C=O) groups is 2. The van der Waals surface area contributed by atoms with E-state index >= 15 is 0 Å². The number of carbonyl (C=O) groups excluding carboxylic acids is 2. The van der Waals surface area contributed by atoms with Crippen molar-refractivity contribution >= 4 is 21.8 Å². The zero-order valence-corrected chi connectivity index (χ0v) is 17.4. The maximum Gasteiger partial charge on any atom is 0.253 e. The summed E-state index contributed by atoms with van der Waals surface area (Å²) in [6.07, 6.45) is 0.517. The minimum atomic E-state index is -3.42. The minimum absolute atomic E-state index is 0.114. The average molecular weight is 411 g/mol. The molecule has 1 aromatic rings. The first-order valence-electron chi connectivity index (χ1n) is 9.22. The van der Waals surface area contributed by atoms with Crippen LogP contribution in [0.15, 0.2) is 18.2 Å². The molecule has 0 unspecified atom stereocenters. The summed E-state index contributed by atoms with van der Waals surface area (Å²) < 4.78 is 39.9. The summed E-state index contributed by atoms with van der Waals surface area (Å²) in [6.45, 7) is 2.04. The number of benzene rings is 1. The van der Waals surface area contributed by atoms with Gasteiger partial charge in [0, 0.05) is 45.8 Å². The summed E-state index contributed by atoms with van der Waals surface area (Å²) in [5, 5.41) is 0. The summed E-state index contributed by atoms with van der Waals surface area (Å²) in [7, 11) is 1.35. The van der Waals surface area contributed by atoms with Crippen LogP contribution in [0.3, 0.4) is 0 Å². The molecule has 2 saturated heterocycles. The molecule has 9 heteroatoms. The number of likely N-dealkylation sites (tertiary alicyclic amines) is 1. The van der Waals surface area contributed by atoms with Crippen molar-refractivity contribution in [3.63, 3.8) is 0 Å². The van der Waals surface area contributed by atoms with Crippen LogP contribution >= 0.6 is 0 Å². The molecule has 0 radical (unpaired) electrons. The van der Waals surface area contributed by atoms with Crippen molar-refractivity contribution in [3.05, 3.63) is 35.1 Å². The Balaban J connectivity index is 1.96. The molecule has 0 N–H and O–H groups in total. The van der Waals surface area contributed by atoms with Gasteiger partial charge >= 0.3 is 0 Å². The summed E-state index contributed by atoms with van der Waals surface area (Å²) >= 11 is 0. The predicted octanol–water partition coefficient (Wildman–Crippen LogP) is 1.09. The second kappa shape index (κ2) is 7.11. The Morgan fingerprint density at radius 1 is 1.29 bits per heavy atom. The van der Waals surface area contributed by atoms with Gasteiger partial charge in [-0.15, -0.1) is 0 Å². The normalized spacial score (nSPS) is 27.2. The number of aryl methyl sites for hydroxylation is 1. The molecule has 2 amide bonds. The fraction of sp³-hybridized carbons (Fsp3) is 0.579. The molecule has 2 fully saturated rings. The molecule has 2 atom stereocenters. The first-order valence-corrected chi connectivity index (χ1v) is 10.8. The lowest BCUT2D eigenvalue weighted by Gasteiger charge is -2.53. The van der Waals surface area contributed by atoms with Gasteiger partial charge < -0.3 is 9.80 Å². The Bertz CT molecular complexity index is 918. The van der Waals surface area contributed by atoms with E-state index in [0.717, 1.165) is 0 Å². The van der Waals surface area contributed by atoms with Gasteiger partial charge in [-0.05, 0) is 37.5 Å². The van der Waals surface area contributed by atoms with Crippen molar-refractivity contribution < 1.29 is 22.4 Å². The van der Waals surface area contributed by atoms with Gasteiger partial charge in [-0.25, -0.2) is 17.1 Å². The molecule has 2 aliphatic heterocycles. The smallest absolute Gasteiger partial charge is 0.253 e. The first-order chi connectivity index (χ1) is 13.0. The predicted molar refractivity (Wildman–Crippen MR) is 103 cm³/mol. The van der Waals surface area contributed by atoms with Crippen LogP contribution < -0.4 is 0 Å². The van der Waals surface area contributed by atoms with Crippen molar-refractivity contribution in [1.82, 2.24) is 14.1 Å². The molecule has 0 aliphatic carbocycles. The molecule has 1 aromatic carbocycles. The van der Waals surface area contributed by atoms with Crippen LogP contribution in [0.5, 0.6) is 0 Å². The third-order valence-corrected chi connectivity index (χ3v) is 7.86. The van der Waals surface area contributed by atoms with Crippen molar-refractivity contribution in [1.29, 1.82) is 0 Å². The quantitative estimate of drug-likeness (QED) is 0.730. The minimum Gasteiger partial charge on any atom is -0.348 e. The first kappa shape index (κ1) is 20.7. The summed E-state index contributed by atoms with van der Waals surface area (Å²) in [5.74, 6) is -1.13. The Labute approximate surface area is 165 Å². The lowest BCUT2D eigenvalue weighted by atomic mass is 9.72. The molecule has 0 spiro atoms. The van der Waals surface area contributed by atoms with E-state index in [-0.39, 0.29) is 36.1 Å². The number of rotatable bonds is 2. The molecule has 0 saturated carbocycles. The fourth-order valence-corrected chi connectivity index (χ4v) is 5.95. The van der Waals surface area contributed by atoms with E-state index in [0.29, 0.717) is 18.5 Å². The molecule has 0 aromatic heterocycles. The Morgan fingerprint density at radius 3 is 2.57 bits per heavy atom. The van der Waals surface area contributed by atoms with Crippen LogP contribution in [-0.4, -0.2) is 80.4 Å². The number of amides is 2. The number of hydrogen-bond acceptors (Lipinski definition) is 4. The highest BCUT2D eigenvalue weighted by molar-refractivity contribution is 7.89. The molecular formula is C19H26FN3O4S.